The van der Waals surface area contributed by atoms with Crippen LogP contribution in [-0.4, -0.2) is 52.4 Å². The molecule has 1 aliphatic carbocycles. The average molecular weight is 447 g/mol. The number of fused-ring (bicyclic) bond motifs is 3. The summed E-state index contributed by atoms with van der Waals surface area (Å²) in [4.78, 5) is 39.6. The second-order valence-corrected chi connectivity index (χ2v) is 7.41. The zero-order valence-corrected chi connectivity index (χ0v) is 17.4. The van der Waals surface area contributed by atoms with Crippen molar-refractivity contribution in [2.45, 2.75) is 12.0 Å². The normalized spacial score (nSPS) is 12.9. The highest BCUT2D eigenvalue weighted by Gasteiger charge is 2.29. The van der Waals surface area contributed by atoms with Crippen molar-refractivity contribution >= 4 is 23.8 Å². The standard InChI is InChI=1S/C24H21N3O6/c28-12-20(23(30)31)26-22(29)19-10-5-11-21(25-19)27-24(32)33-13-18-16-8-3-1-6-14(16)15-7-2-4-9-17(15)18/h1-11,18,20,28H,12-13H2,(H,26,29)(H,30,31)(H,25,27,32)/t20-/m1/s1. The molecule has 1 heterocycles. The molecule has 0 fully saturated rings. The van der Waals surface area contributed by atoms with Gasteiger partial charge in [-0.05, 0) is 34.4 Å². The number of hydrogen-bond acceptors (Lipinski definition) is 6. The smallest absolute Gasteiger partial charge is 0.412 e. The van der Waals surface area contributed by atoms with Crippen LogP contribution in [0.2, 0.25) is 0 Å². The van der Waals surface area contributed by atoms with E-state index in [-0.39, 0.29) is 24.0 Å². The Labute approximate surface area is 189 Å². The largest absolute Gasteiger partial charge is 0.480 e. The van der Waals surface area contributed by atoms with Gasteiger partial charge in [0.1, 0.15) is 18.1 Å². The van der Waals surface area contributed by atoms with Crippen LogP contribution in [0.1, 0.15) is 27.5 Å². The van der Waals surface area contributed by atoms with Gasteiger partial charge in [0.2, 0.25) is 0 Å². The van der Waals surface area contributed by atoms with E-state index in [9.17, 15) is 14.4 Å². The number of carbonyl (C=O) groups excluding carboxylic acids is 2. The molecule has 33 heavy (non-hydrogen) atoms. The molecule has 2 aromatic carbocycles. The molecule has 1 atom stereocenters. The first-order chi connectivity index (χ1) is 16.0. The number of aliphatic hydroxyl groups is 1. The maximum Gasteiger partial charge on any atom is 0.412 e. The fourth-order valence-corrected chi connectivity index (χ4v) is 3.79. The maximum atomic E-state index is 12.4. The lowest BCUT2D eigenvalue weighted by atomic mass is 9.98. The van der Waals surface area contributed by atoms with Crippen LogP contribution in [0.25, 0.3) is 11.1 Å². The Morgan fingerprint density at radius 2 is 1.58 bits per heavy atom. The van der Waals surface area contributed by atoms with Crippen LogP contribution >= 0.6 is 0 Å². The molecule has 0 saturated heterocycles. The first-order valence-electron chi connectivity index (χ1n) is 10.2. The number of aliphatic hydroxyl groups excluding tert-OH is 1. The van der Waals surface area contributed by atoms with Crippen molar-refractivity contribution in [1.82, 2.24) is 10.3 Å². The van der Waals surface area contributed by atoms with E-state index in [0.29, 0.717) is 0 Å². The van der Waals surface area contributed by atoms with Gasteiger partial charge in [-0.2, -0.15) is 0 Å². The van der Waals surface area contributed by atoms with Gasteiger partial charge in [-0.15, -0.1) is 0 Å². The highest BCUT2D eigenvalue weighted by atomic mass is 16.5. The molecule has 1 aliphatic rings. The van der Waals surface area contributed by atoms with E-state index in [2.05, 4.69) is 15.6 Å². The number of pyridine rings is 1. The molecule has 0 radical (unpaired) electrons. The van der Waals surface area contributed by atoms with Crippen molar-refractivity contribution in [1.29, 1.82) is 0 Å². The third-order valence-corrected chi connectivity index (χ3v) is 5.34. The number of amides is 2. The van der Waals surface area contributed by atoms with Gasteiger partial charge in [-0.25, -0.2) is 14.6 Å². The van der Waals surface area contributed by atoms with Gasteiger partial charge in [0.05, 0.1) is 6.61 Å². The van der Waals surface area contributed by atoms with E-state index >= 15 is 0 Å². The van der Waals surface area contributed by atoms with Crippen LogP contribution in [0.3, 0.4) is 0 Å². The molecule has 0 saturated carbocycles. The van der Waals surface area contributed by atoms with Crippen molar-refractivity contribution in [3.05, 3.63) is 83.6 Å². The van der Waals surface area contributed by atoms with Crippen molar-refractivity contribution in [3.63, 3.8) is 0 Å². The summed E-state index contributed by atoms with van der Waals surface area (Å²) in [6.45, 7) is -0.643. The summed E-state index contributed by atoms with van der Waals surface area (Å²) >= 11 is 0. The van der Waals surface area contributed by atoms with Crippen LogP contribution in [0.4, 0.5) is 10.6 Å². The molecule has 2 amide bonds. The van der Waals surface area contributed by atoms with Crippen LogP contribution in [0.5, 0.6) is 0 Å². The van der Waals surface area contributed by atoms with E-state index in [0.717, 1.165) is 22.3 Å². The van der Waals surface area contributed by atoms with Crippen molar-refractivity contribution < 1.29 is 29.3 Å². The van der Waals surface area contributed by atoms with E-state index < -0.39 is 30.6 Å². The van der Waals surface area contributed by atoms with Gasteiger partial charge in [0.25, 0.3) is 5.91 Å². The number of nitrogens with one attached hydrogen (secondary N) is 2. The molecule has 4 rings (SSSR count). The lowest BCUT2D eigenvalue weighted by Crippen LogP contribution is -2.43. The number of carbonyl (C=O) groups is 3. The lowest BCUT2D eigenvalue weighted by Gasteiger charge is -2.15. The number of carboxylic acids is 1. The molecular weight excluding hydrogens is 426 g/mol. The van der Waals surface area contributed by atoms with Crippen LogP contribution in [0.15, 0.2) is 66.7 Å². The molecule has 4 N–H and O–H groups in total. The average Bonchev–Trinajstić information content (AvgIpc) is 3.14. The number of aromatic nitrogens is 1. The molecular formula is C24H21N3O6. The minimum absolute atomic E-state index is 0.0655. The zero-order chi connectivity index (χ0) is 23.4. The summed E-state index contributed by atoms with van der Waals surface area (Å²) in [5.74, 6) is -2.21. The van der Waals surface area contributed by atoms with Crippen molar-refractivity contribution in [2.75, 3.05) is 18.5 Å². The molecule has 1 aromatic heterocycles. The van der Waals surface area contributed by atoms with E-state index in [1.165, 1.54) is 18.2 Å². The SMILES string of the molecule is O=C(Nc1cccc(C(=O)N[C@H](CO)C(=O)O)n1)OCC1c2ccccc2-c2ccccc21. The Balaban J connectivity index is 1.41. The Kier molecular flexibility index (Phi) is 6.32. The Morgan fingerprint density at radius 3 is 2.18 bits per heavy atom. The minimum atomic E-state index is -1.46. The molecule has 3 aromatic rings. The van der Waals surface area contributed by atoms with E-state index in [1.807, 2.05) is 48.5 Å². The first kappa shape index (κ1) is 22.0. The Bertz CT molecular complexity index is 1170. The summed E-state index contributed by atoms with van der Waals surface area (Å²) in [5, 5.41) is 22.6. The number of nitrogens with zero attached hydrogens (tertiary/aromatic N) is 1. The number of ether oxygens (including phenoxy) is 1. The summed E-state index contributed by atoms with van der Waals surface area (Å²) < 4.78 is 5.46. The summed E-state index contributed by atoms with van der Waals surface area (Å²) in [6.07, 6.45) is -0.735. The number of anilines is 1. The maximum absolute atomic E-state index is 12.4. The van der Waals surface area contributed by atoms with Gasteiger partial charge >= 0.3 is 12.1 Å². The molecule has 0 spiro atoms. The van der Waals surface area contributed by atoms with Crippen LogP contribution in [0, 0.1) is 0 Å². The van der Waals surface area contributed by atoms with Gasteiger partial charge in [-0.1, -0.05) is 54.6 Å². The zero-order valence-electron chi connectivity index (χ0n) is 17.4. The monoisotopic (exact) mass is 447 g/mol. The number of hydrogen-bond donors (Lipinski definition) is 4. The second-order valence-electron chi connectivity index (χ2n) is 7.41. The van der Waals surface area contributed by atoms with E-state index in [1.54, 1.807) is 0 Å². The summed E-state index contributed by atoms with van der Waals surface area (Å²) in [6, 6.07) is 18.8. The summed E-state index contributed by atoms with van der Waals surface area (Å²) in [5.41, 5.74) is 4.28. The number of benzene rings is 2. The molecule has 168 valence electrons. The summed E-state index contributed by atoms with van der Waals surface area (Å²) in [7, 11) is 0. The topological polar surface area (TPSA) is 138 Å². The number of rotatable bonds is 7. The second kappa shape index (κ2) is 9.49. The van der Waals surface area contributed by atoms with Crippen LogP contribution in [-0.2, 0) is 9.53 Å². The Hall–Kier alpha value is -4.24. The molecule has 9 nitrogen and oxygen atoms in total. The fraction of sp³-hybridized carbons (Fsp3) is 0.167. The van der Waals surface area contributed by atoms with Gasteiger partial charge in [0.15, 0.2) is 6.04 Å². The highest BCUT2D eigenvalue weighted by molar-refractivity contribution is 5.95. The molecule has 0 aliphatic heterocycles. The first-order valence-corrected chi connectivity index (χ1v) is 10.2. The Morgan fingerprint density at radius 1 is 0.939 bits per heavy atom. The highest BCUT2D eigenvalue weighted by Crippen LogP contribution is 2.44. The molecule has 0 bridgehead atoms. The van der Waals surface area contributed by atoms with Gasteiger partial charge in [-0.3, -0.25) is 10.1 Å². The predicted octanol–water partition coefficient (Wildman–Crippen LogP) is 2.62. The predicted molar refractivity (Wildman–Crippen MR) is 119 cm³/mol. The fourth-order valence-electron chi connectivity index (χ4n) is 3.79. The molecule has 9 heteroatoms. The van der Waals surface area contributed by atoms with Crippen LogP contribution < -0.4 is 10.6 Å². The van der Waals surface area contributed by atoms with Crippen molar-refractivity contribution in [3.8, 4) is 11.1 Å². The number of aliphatic carboxylic acids is 1. The minimum Gasteiger partial charge on any atom is -0.480 e. The van der Waals surface area contributed by atoms with E-state index in [4.69, 9.17) is 14.9 Å². The van der Waals surface area contributed by atoms with Gasteiger partial charge < -0.3 is 20.3 Å². The van der Waals surface area contributed by atoms with Crippen molar-refractivity contribution in [2.24, 2.45) is 0 Å². The quantitative estimate of drug-likeness (QED) is 0.437. The number of carboxylic acid groups (broad SMARTS) is 1. The molecule has 0 unspecified atom stereocenters. The lowest BCUT2D eigenvalue weighted by molar-refractivity contribution is -0.140. The van der Waals surface area contributed by atoms with Gasteiger partial charge in [0, 0.05) is 5.92 Å². The third kappa shape index (κ3) is 4.68. The third-order valence-electron chi connectivity index (χ3n) is 5.34.